The summed E-state index contributed by atoms with van der Waals surface area (Å²) in [5.74, 6) is 0.127. The van der Waals surface area contributed by atoms with Gasteiger partial charge in [-0.15, -0.1) is 0 Å². The Morgan fingerprint density at radius 3 is 2.64 bits per heavy atom. The highest BCUT2D eigenvalue weighted by Crippen LogP contribution is 2.38. The zero-order valence-corrected chi connectivity index (χ0v) is 15.2. The van der Waals surface area contributed by atoms with Gasteiger partial charge in [-0.1, -0.05) is 18.2 Å². The lowest BCUT2D eigenvalue weighted by Gasteiger charge is -2.38. The van der Waals surface area contributed by atoms with Crippen molar-refractivity contribution in [2.75, 3.05) is 29.4 Å². The second-order valence-corrected chi connectivity index (χ2v) is 7.46. The fourth-order valence-corrected chi connectivity index (χ4v) is 3.91. The largest absolute Gasteiger partial charge is 0.368 e. The topological polar surface area (TPSA) is 52.2 Å². The summed E-state index contributed by atoms with van der Waals surface area (Å²) in [4.78, 5) is 24.0. The predicted molar refractivity (Wildman–Crippen MR) is 104 cm³/mol. The zero-order chi connectivity index (χ0) is 19.3. The highest BCUT2D eigenvalue weighted by atomic mass is 19.3. The average molecular weight is 382 g/mol. The van der Waals surface area contributed by atoms with Crippen LogP contribution in [0, 0.1) is 5.92 Å². The van der Waals surface area contributed by atoms with Crippen molar-refractivity contribution in [2.45, 2.75) is 19.3 Å². The van der Waals surface area contributed by atoms with E-state index < -0.39 is 12.2 Å². The molecule has 1 fully saturated rings. The number of alkyl halides is 2. The van der Waals surface area contributed by atoms with Gasteiger partial charge in [0, 0.05) is 19.6 Å². The van der Waals surface area contributed by atoms with Gasteiger partial charge in [0.15, 0.2) is 5.82 Å². The standard InChI is InChI=1S/C21H20F2N4O/c22-19(23)20-24-15-5-3-4-14(18(15)25-20)21(28)27-11-10-26(12-13-8-9-13)16-6-1-2-7-17(16)27/h1-7,13,19H,8-12H2,(H,24,25). The molecule has 1 aliphatic carbocycles. The molecule has 0 spiro atoms. The molecule has 0 unspecified atom stereocenters. The number of rotatable bonds is 4. The SMILES string of the molecule is O=C(c1cccc2[nH]c(C(F)F)nc12)N1CCN(CC2CC2)c2ccccc21. The first kappa shape index (κ1) is 17.2. The molecule has 2 heterocycles. The van der Waals surface area contributed by atoms with Crippen molar-refractivity contribution in [1.82, 2.24) is 9.97 Å². The van der Waals surface area contributed by atoms with Crippen molar-refractivity contribution >= 4 is 28.3 Å². The van der Waals surface area contributed by atoms with Gasteiger partial charge >= 0.3 is 0 Å². The number of anilines is 2. The minimum atomic E-state index is -2.71. The molecule has 0 atom stereocenters. The van der Waals surface area contributed by atoms with Gasteiger partial charge in [-0.3, -0.25) is 4.79 Å². The molecule has 1 amide bonds. The molecule has 1 saturated carbocycles. The minimum Gasteiger partial charge on any atom is -0.368 e. The number of carbonyl (C=O) groups excluding carboxylic acids is 1. The molecular weight excluding hydrogens is 362 g/mol. The summed E-state index contributed by atoms with van der Waals surface area (Å²) in [6, 6.07) is 12.9. The number of imidazole rings is 1. The van der Waals surface area contributed by atoms with Crippen molar-refractivity contribution in [3.05, 3.63) is 53.9 Å². The van der Waals surface area contributed by atoms with E-state index in [4.69, 9.17) is 0 Å². The van der Waals surface area contributed by atoms with Gasteiger partial charge < -0.3 is 14.8 Å². The number of H-pyrrole nitrogens is 1. The normalized spacial score (nSPS) is 16.7. The van der Waals surface area contributed by atoms with Crippen LogP contribution < -0.4 is 9.80 Å². The molecule has 1 aromatic heterocycles. The second-order valence-electron chi connectivity index (χ2n) is 7.46. The molecule has 0 radical (unpaired) electrons. The molecule has 5 nitrogen and oxygen atoms in total. The van der Waals surface area contributed by atoms with E-state index in [1.54, 1.807) is 23.1 Å². The number of halogens is 2. The van der Waals surface area contributed by atoms with Crippen molar-refractivity contribution in [1.29, 1.82) is 0 Å². The molecule has 0 saturated heterocycles. The van der Waals surface area contributed by atoms with E-state index in [1.165, 1.54) is 12.8 Å². The van der Waals surface area contributed by atoms with Crippen LogP contribution in [-0.2, 0) is 0 Å². The predicted octanol–water partition coefficient (Wildman–Crippen LogP) is 4.38. The fraction of sp³-hybridized carbons (Fsp3) is 0.333. The number of carbonyl (C=O) groups is 1. The van der Waals surface area contributed by atoms with Gasteiger partial charge in [0.2, 0.25) is 0 Å². The summed E-state index contributed by atoms with van der Waals surface area (Å²) in [5, 5.41) is 0. The molecule has 144 valence electrons. The first-order chi connectivity index (χ1) is 13.6. The van der Waals surface area contributed by atoms with Crippen molar-refractivity contribution in [3.8, 4) is 0 Å². The van der Waals surface area contributed by atoms with Gasteiger partial charge in [-0.05, 0) is 43.0 Å². The van der Waals surface area contributed by atoms with Crippen LogP contribution in [0.1, 0.15) is 35.4 Å². The highest BCUT2D eigenvalue weighted by molar-refractivity contribution is 6.14. The van der Waals surface area contributed by atoms with Crippen molar-refractivity contribution in [2.24, 2.45) is 5.92 Å². The lowest BCUT2D eigenvalue weighted by Crippen LogP contribution is -2.44. The first-order valence-corrected chi connectivity index (χ1v) is 9.54. The zero-order valence-electron chi connectivity index (χ0n) is 15.2. The molecule has 5 rings (SSSR count). The van der Waals surface area contributed by atoms with E-state index in [0.29, 0.717) is 23.1 Å². The summed E-state index contributed by atoms with van der Waals surface area (Å²) in [6.07, 6.45) is -0.161. The summed E-state index contributed by atoms with van der Waals surface area (Å²) in [7, 11) is 0. The summed E-state index contributed by atoms with van der Waals surface area (Å²) in [6.45, 7) is 2.34. The quantitative estimate of drug-likeness (QED) is 0.729. The molecule has 7 heteroatoms. The maximum absolute atomic E-state index is 13.4. The first-order valence-electron chi connectivity index (χ1n) is 9.54. The molecule has 1 aliphatic heterocycles. The molecule has 1 N–H and O–H groups in total. The smallest absolute Gasteiger partial charge is 0.295 e. The van der Waals surface area contributed by atoms with Crippen LogP contribution in [0.4, 0.5) is 20.2 Å². The van der Waals surface area contributed by atoms with Crippen LogP contribution in [-0.4, -0.2) is 35.5 Å². The van der Waals surface area contributed by atoms with E-state index in [-0.39, 0.29) is 5.91 Å². The van der Waals surface area contributed by atoms with Crippen LogP contribution in [0.5, 0.6) is 0 Å². The second kappa shape index (κ2) is 6.58. The number of fused-ring (bicyclic) bond motifs is 2. The Bertz CT molecular complexity index is 1040. The Balaban J connectivity index is 1.52. The maximum Gasteiger partial charge on any atom is 0.295 e. The number of nitrogens with zero attached hydrogens (tertiary/aromatic N) is 3. The maximum atomic E-state index is 13.4. The van der Waals surface area contributed by atoms with Crippen molar-refractivity contribution < 1.29 is 13.6 Å². The number of aromatic amines is 1. The molecule has 2 aliphatic rings. The van der Waals surface area contributed by atoms with Gasteiger partial charge in [0.1, 0.15) is 5.52 Å². The van der Waals surface area contributed by atoms with E-state index in [9.17, 15) is 13.6 Å². The molecular formula is C21H20F2N4O. The summed E-state index contributed by atoms with van der Waals surface area (Å²) in [5.41, 5.74) is 2.99. The number of aromatic nitrogens is 2. The lowest BCUT2D eigenvalue weighted by molar-refractivity contribution is 0.0987. The third-order valence-corrected chi connectivity index (χ3v) is 5.50. The summed E-state index contributed by atoms with van der Waals surface area (Å²) >= 11 is 0. The van der Waals surface area contributed by atoms with E-state index in [2.05, 4.69) is 14.9 Å². The third kappa shape index (κ3) is 2.91. The van der Waals surface area contributed by atoms with Gasteiger partial charge in [0.05, 0.1) is 22.5 Å². The Hall–Kier alpha value is -2.96. The van der Waals surface area contributed by atoms with Crippen LogP contribution in [0.15, 0.2) is 42.5 Å². The van der Waals surface area contributed by atoms with Crippen LogP contribution >= 0.6 is 0 Å². The van der Waals surface area contributed by atoms with E-state index in [0.717, 1.165) is 30.4 Å². The molecule has 3 aromatic rings. The average Bonchev–Trinajstić information content (AvgIpc) is 3.41. The highest BCUT2D eigenvalue weighted by Gasteiger charge is 2.32. The number of hydrogen-bond donors (Lipinski definition) is 1. The van der Waals surface area contributed by atoms with E-state index >= 15 is 0 Å². The Morgan fingerprint density at radius 2 is 1.89 bits per heavy atom. The van der Waals surface area contributed by atoms with Crippen LogP contribution in [0.25, 0.3) is 11.0 Å². The molecule has 28 heavy (non-hydrogen) atoms. The minimum absolute atomic E-state index is 0.212. The summed E-state index contributed by atoms with van der Waals surface area (Å²) < 4.78 is 26.1. The van der Waals surface area contributed by atoms with Gasteiger partial charge in [-0.25, -0.2) is 13.8 Å². The van der Waals surface area contributed by atoms with Crippen molar-refractivity contribution in [3.63, 3.8) is 0 Å². The number of nitrogens with one attached hydrogen (secondary N) is 1. The van der Waals surface area contributed by atoms with E-state index in [1.807, 2.05) is 24.3 Å². The third-order valence-electron chi connectivity index (χ3n) is 5.50. The molecule has 0 bridgehead atoms. The Kier molecular flexibility index (Phi) is 4.03. The van der Waals surface area contributed by atoms with Crippen LogP contribution in [0.3, 0.4) is 0 Å². The number of amides is 1. The number of hydrogen-bond acceptors (Lipinski definition) is 3. The lowest BCUT2D eigenvalue weighted by atomic mass is 10.1. The number of para-hydroxylation sites is 3. The van der Waals surface area contributed by atoms with Crippen LogP contribution in [0.2, 0.25) is 0 Å². The monoisotopic (exact) mass is 382 g/mol. The molecule has 2 aromatic carbocycles. The number of benzene rings is 2. The Morgan fingerprint density at radius 1 is 1.11 bits per heavy atom. The Labute approximate surface area is 161 Å². The van der Waals surface area contributed by atoms with Gasteiger partial charge in [-0.2, -0.15) is 0 Å². The fourth-order valence-electron chi connectivity index (χ4n) is 3.91. The van der Waals surface area contributed by atoms with Gasteiger partial charge in [0.25, 0.3) is 12.3 Å².